The van der Waals surface area contributed by atoms with Gasteiger partial charge in [-0.25, -0.2) is 4.79 Å². The number of nitrogens with two attached hydrogens (primary N) is 1. The minimum atomic E-state index is -2.01. The number of ketones is 6. The van der Waals surface area contributed by atoms with E-state index in [4.69, 9.17) is 5.73 Å². The minimum Gasteiger partial charge on any atom is -0.480 e. The number of hydrogen-bond acceptors (Lipinski definition) is 29. The van der Waals surface area contributed by atoms with Gasteiger partial charge in [-0.3, -0.25) is 62.3 Å². The zero-order valence-corrected chi connectivity index (χ0v) is 57.9. The van der Waals surface area contributed by atoms with Crippen molar-refractivity contribution in [1.29, 1.82) is 0 Å². The van der Waals surface area contributed by atoms with Crippen molar-refractivity contribution in [1.82, 2.24) is 37.2 Å². The SMILES string of the molecule is CC(O)C(N)C(=O)NC(C(=O)CC(C(=O)NC(C(=O)CC(C(=O)NC(C(=O)CC(C(=O)NC(C(=O)CC(C(=O)NC(C(=O)CC(C(=O)NC(C(=O)CC(C(=O)NC(C(=O)O)C(C)O)C(C)O)C(C)O)C(C)O)C(C)O)C(C)O)C(C)O)C(C)O)C(C)O)C(C)O)C(C)O)C(C)O)C(C)O. The molecule has 0 rings (SSSR count). The van der Waals surface area contributed by atoms with E-state index in [9.17, 15) is 144 Å². The fourth-order valence-electron chi connectivity index (χ4n) is 10.2. The predicted octanol–water partition coefficient (Wildman–Crippen LogP) is -9.42. The van der Waals surface area contributed by atoms with Gasteiger partial charge >= 0.3 is 5.97 Å². The van der Waals surface area contributed by atoms with Gasteiger partial charge in [-0.05, 0) is 96.9 Å². The number of aliphatic carboxylic acids is 1. The number of Topliss-reactive ketones (excluding diaryl/α,β-unsaturated/α-hetero) is 6. The summed E-state index contributed by atoms with van der Waals surface area (Å²) in [6, 6.07) is -14.9. The molecule has 0 fully saturated rings. The van der Waals surface area contributed by atoms with E-state index in [2.05, 4.69) is 31.9 Å². The van der Waals surface area contributed by atoms with Gasteiger partial charge in [0.05, 0.1) is 121 Å². The normalized spacial score (nSPS) is 20.3. The minimum absolute atomic E-state index is 0.883. The molecule has 99 heavy (non-hydrogen) atoms. The van der Waals surface area contributed by atoms with Crippen LogP contribution in [0.15, 0.2) is 0 Å². The van der Waals surface area contributed by atoms with E-state index in [1.807, 2.05) is 5.32 Å². The first-order chi connectivity index (χ1) is 45.4. The zero-order valence-electron chi connectivity index (χ0n) is 57.9. The molecule has 28 atom stereocenters. The van der Waals surface area contributed by atoms with Gasteiger partial charge < -0.3 is 120 Å². The second-order valence-electron chi connectivity index (χ2n) is 25.8. The van der Waals surface area contributed by atoms with Crippen molar-refractivity contribution >= 4 is 82.0 Å². The molecule has 0 radical (unpaired) electrons. The maximum atomic E-state index is 14.0. The molecule has 37 heteroatoms. The number of nitrogens with one attached hydrogen (secondary N) is 7. The average Bonchev–Trinajstić information content (AvgIpc) is 0.873. The Bertz CT molecular complexity index is 2750. The summed E-state index contributed by atoms with van der Waals surface area (Å²) in [5.41, 5.74) is 5.62. The molecule has 0 bridgehead atoms. The van der Waals surface area contributed by atoms with E-state index in [1.165, 1.54) is 6.92 Å². The second-order valence-corrected chi connectivity index (χ2v) is 25.8. The first-order valence-corrected chi connectivity index (χ1v) is 32.2. The highest BCUT2D eigenvalue weighted by Crippen LogP contribution is 2.23. The summed E-state index contributed by atoms with van der Waals surface area (Å²) in [6.07, 6.45) is -30.0. The molecule has 0 aliphatic carbocycles. The van der Waals surface area contributed by atoms with Gasteiger partial charge in [0.15, 0.2) is 40.7 Å². The summed E-state index contributed by atoms with van der Waals surface area (Å²) in [5, 5.41) is 171. The summed E-state index contributed by atoms with van der Waals surface area (Å²) in [7, 11) is 0. The van der Waals surface area contributed by atoms with Gasteiger partial charge in [-0.15, -0.1) is 0 Å². The summed E-state index contributed by atoms with van der Waals surface area (Å²) in [6.45, 7) is 14.7. The van der Waals surface area contributed by atoms with Crippen LogP contribution in [-0.2, 0) is 67.1 Å². The van der Waals surface area contributed by atoms with Crippen LogP contribution in [0.1, 0.15) is 135 Å². The Kier molecular flexibility index (Phi) is 39.5. The van der Waals surface area contributed by atoms with Gasteiger partial charge in [0.1, 0.15) is 42.3 Å². The van der Waals surface area contributed by atoms with Crippen LogP contribution in [0.4, 0.5) is 0 Å². The zero-order chi connectivity index (χ0) is 77.4. The molecule has 0 saturated heterocycles. The molecule has 0 aliphatic rings. The van der Waals surface area contributed by atoms with E-state index in [1.54, 1.807) is 0 Å². The van der Waals surface area contributed by atoms with Crippen molar-refractivity contribution in [3.8, 4) is 0 Å². The Morgan fingerprint density at radius 2 is 0.354 bits per heavy atom. The number of aliphatic hydroxyl groups excluding tert-OH is 14. The fourth-order valence-corrected chi connectivity index (χ4v) is 10.2. The van der Waals surface area contributed by atoms with E-state index in [0.717, 1.165) is 90.0 Å². The van der Waals surface area contributed by atoms with Crippen molar-refractivity contribution < 1.29 is 144 Å². The molecule has 0 aromatic carbocycles. The molecule has 28 unspecified atom stereocenters. The monoisotopic (exact) mass is 1430 g/mol. The van der Waals surface area contributed by atoms with Crippen LogP contribution in [-0.4, -0.2) is 292 Å². The summed E-state index contributed by atoms with van der Waals surface area (Å²) in [5.74, 6) is -28.0. The van der Waals surface area contributed by atoms with Crippen LogP contribution < -0.4 is 43.0 Å². The molecule has 0 heterocycles. The van der Waals surface area contributed by atoms with E-state index in [0.29, 0.717) is 0 Å². The highest BCUT2D eigenvalue weighted by atomic mass is 16.4. The number of carboxylic acids is 1. The first-order valence-electron chi connectivity index (χ1n) is 32.2. The van der Waals surface area contributed by atoms with Crippen LogP contribution in [0.2, 0.25) is 0 Å². The second kappa shape index (κ2) is 42.4. The Hall–Kier alpha value is -6.82. The highest BCUT2D eigenvalue weighted by Gasteiger charge is 2.44. The Labute approximate surface area is 571 Å². The molecule has 568 valence electrons. The number of aliphatic hydroxyl groups is 14. The van der Waals surface area contributed by atoms with Crippen molar-refractivity contribution in [3.05, 3.63) is 0 Å². The lowest BCUT2D eigenvalue weighted by Gasteiger charge is -2.30. The lowest BCUT2D eigenvalue weighted by Crippen LogP contribution is -2.56. The smallest absolute Gasteiger partial charge is 0.328 e. The van der Waals surface area contributed by atoms with E-state index < -0.39 is 290 Å². The van der Waals surface area contributed by atoms with Crippen LogP contribution in [0.3, 0.4) is 0 Å². The largest absolute Gasteiger partial charge is 0.480 e. The maximum absolute atomic E-state index is 14.0. The maximum Gasteiger partial charge on any atom is 0.328 e. The van der Waals surface area contributed by atoms with Crippen LogP contribution in [0.5, 0.6) is 0 Å². The Morgan fingerprint density at radius 1 is 0.222 bits per heavy atom. The van der Waals surface area contributed by atoms with Crippen molar-refractivity contribution in [3.63, 3.8) is 0 Å². The lowest BCUT2D eigenvalue weighted by molar-refractivity contribution is -0.147. The van der Waals surface area contributed by atoms with Crippen molar-refractivity contribution in [2.45, 2.75) is 269 Å². The van der Waals surface area contributed by atoms with E-state index in [-0.39, 0.29) is 0 Å². The number of amides is 7. The van der Waals surface area contributed by atoms with Crippen LogP contribution >= 0.6 is 0 Å². The van der Waals surface area contributed by atoms with Gasteiger partial charge in [-0.1, -0.05) is 0 Å². The number of carboxylic acid groups (broad SMARTS) is 1. The molecule has 24 N–H and O–H groups in total. The van der Waals surface area contributed by atoms with Crippen LogP contribution in [0, 0.1) is 35.5 Å². The summed E-state index contributed by atoms with van der Waals surface area (Å²) < 4.78 is 0. The standard InChI is InChI=1S/C62H106N8O29/c1-21(71)35(15-42(86)49(29(9)79)65-57(93)37(23(3)73)17-44(88)51(31(11)81)67-59(95)39(25(5)75)19-46(90)53(33(13)83)69-61(97)47(63)27(7)77)55(91)64-48(28(8)78)41(85)16-36(22(2)72)56(92)66-50(30(10)80)43(87)18-38(24(4)74)58(94)68-52(32(12)82)45(89)20-40(26(6)76)60(96)70-54(34(14)84)62(98)99/h21-40,47-54,71-84H,15-20,63H2,1-14H3,(H,64,91)(H,65,93)(H,66,92)(H,67,95)(H,68,94)(H,69,97)(H,70,96)(H,98,99). The fraction of sp³-hybridized carbons (Fsp3) is 0.774. The van der Waals surface area contributed by atoms with Crippen molar-refractivity contribution in [2.75, 3.05) is 0 Å². The third-order valence-corrected chi connectivity index (χ3v) is 16.7. The predicted molar refractivity (Wildman–Crippen MR) is 341 cm³/mol. The molecule has 0 spiro atoms. The molecule has 7 amide bonds. The topological polar surface area (TPSA) is 653 Å². The van der Waals surface area contributed by atoms with Crippen molar-refractivity contribution in [2.24, 2.45) is 41.2 Å². The number of hydrogen-bond donors (Lipinski definition) is 23. The number of carbonyl (C=O) groups excluding carboxylic acids is 13. The van der Waals surface area contributed by atoms with Gasteiger partial charge in [0.2, 0.25) is 41.4 Å². The molecular weight excluding hydrogens is 1320 g/mol. The lowest BCUT2D eigenvalue weighted by atomic mass is 9.88. The molecule has 37 nitrogen and oxygen atoms in total. The van der Waals surface area contributed by atoms with Gasteiger partial charge in [0, 0.05) is 38.5 Å². The van der Waals surface area contributed by atoms with Gasteiger partial charge in [0.25, 0.3) is 0 Å². The Balaban J connectivity index is 6.58. The summed E-state index contributed by atoms with van der Waals surface area (Å²) in [4.78, 5) is 188. The summed E-state index contributed by atoms with van der Waals surface area (Å²) >= 11 is 0. The third-order valence-electron chi connectivity index (χ3n) is 16.7. The molecule has 0 aliphatic heterocycles. The number of carbonyl (C=O) groups is 14. The highest BCUT2D eigenvalue weighted by molar-refractivity contribution is 6.00. The Morgan fingerprint density at radius 3 is 0.465 bits per heavy atom. The van der Waals surface area contributed by atoms with Crippen LogP contribution in [0.25, 0.3) is 0 Å². The molecule has 0 aromatic heterocycles. The van der Waals surface area contributed by atoms with Gasteiger partial charge in [-0.2, -0.15) is 0 Å². The van der Waals surface area contributed by atoms with E-state index >= 15 is 0 Å². The quantitative estimate of drug-likeness (QED) is 0.0269. The first kappa shape index (κ1) is 92.2. The molecular formula is C62H106N8O29. The average molecular weight is 1430 g/mol. The third kappa shape index (κ3) is 29.4. The molecule has 0 aromatic rings. The number of rotatable bonds is 47. The molecule has 0 saturated carbocycles.